The Bertz CT molecular complexity index is 1340. The molecule has 13 heteroatoms. The van der Waals surface area contributed by atoms with Gasteiger partial charge in [0, 0.05) is 38.9 Å². The maximum Gasteiger partial charge on any atom is 0.341 e. The van der Waals surface area contributed by atoms with Crippen LogP contribution < -0.4 is 9.47 Å². The number of halogens is 3. The quantitative estimate of drug-likeness (QED) is 0.414. The van der Waals surface area contributed by atoms with Crippen LogP contribution in [0.1, 0.15) is 18.0 Å². The number of ether oxygens (including phenoxy) is 3. The summed E-state index contributed by atoms with van der Waals surface area (Å²) in [6.07, 6.45) is 3.99. The van der Waals surface area contributed by atoms with E-state index in [1.165, 1.54) is 40.5 Å². The average molecular weight is 531 g/mol. The molecule has 2 amide bonds. The van der Waals surface area contributed by atoms with Gasteiger partial charge in [-0.05, 0) is 17.7 Å². The highest BCUT2D eigenvalue weighted by atomic mass is 19.1. The molecule has 2 aromatic heterocycles. The number of hydrogen-bond donors (Lipinski definition) is 0. The lowest BCUT2D eigenvalue weighted by Crippen LogP contribution is -2.58. The molecule has 2 aliphatic heterocycles. The fourth-order valence-corrected chi connectivity index (χ4v) is 4.33. The molecule has 0 radical (unpaired) electrons. The van der Waals surface area contributed by atoms with Gasteiger partial charge >= 0.3 is 6.03 Å². The van der Waals surface area contributed by atoms with E-state index in [-0.39, 0.29) is 18.8 Å². The van der Waals surface area contributed by atoms with E-state index in [0.29, 0.717) is 42.3 Å². The normalized spacial score (nSPS) is 17.1. The Morgan fingerprint density at radius 2 is 1.82 bits per heavy atom. The summed E-state index contributed by atoms with van der Waals surface area (Å²) in [5, 5.41) is 9.49. The lowest BCUT2D eigenvalue weighted by Gasteiger charge is -2.41. The molecule has 38 heavy (non-hydrogen) atoms. The van der Waals surface area contributed by atoms with E-state index in [4.69, 9.17) is 14.2 Å². The maximum absolute atomic E-state index is 14.6. The molecule has 0 N–H and O–H groups in total. The van der Waals surface area contributed by atoms with Gasteiger partial charge in [-0.2, -0.15) is 10.2 Å². The molecular weight excluding hydrogens is 505 g/mol. The second kappa shape index (κ2) is 10.7. The lowest BCUT2D eigenvalue weighted by atomic mass is 10.0. The zero-order chi connectivity index (χ0) is 26.8. The van der Waals surface area contributed by atoms with E-state index < -0.39 is 35.6 Å². The molecule has 1 fully saturated rings. The molecule has 1 saturated heterocycles. The Morgan fingerprint density at radius 3 is 2.55 bits per heavy atom. The summed E-state index contributed by atoms with van der Waals surface area (Å²) in [6.45, 7) is 1.06. The summed E-state index contributed by atoms with van der Waals surface area (Å²) < 4.78 is 60.1. The van der Waals surface area contributed by atoms with E-state index >= 15 is 0 Å². The summed E-state index contributed by atoms with van der Waals surface area (Å²) >= 11 is 0. The summed E-state index contributed by atoms with van der Waals surface area (Å²) in [7, 11) is 3.28. The Morgan fingerprint density at radius 1 is 1.05 bits per heavy atom. The number of aromatic nitrogens is 3. The average Bonchev–Trinajstić information content (AvgIpc) is 3.49. The van der Waals surface area contributed by atoms with E-state index in [1.807, 2.05) is 0 Å². The molecule has 1 atom stereocenters. The Hall–Kier alpha value is -4.13. The zero-order valence-electron chi connectivity index (χ0n) is 20.7. The van der Waals surface area contributed by atoms with Crippen molar-refractivity contribution in [3.63, 3.8) is 0 Å². The highest BCUT2D eigenvalue weighted by Gasteiger charge is 2.39. The topological polar surface area (TPSA) is 94.3 Å². The first kappa shape index (κ1) is 25.5. The van der Waals surface area contributed by atoms with E-state index in [1.54, 1.807) is 18.8 Å². The van der Waals surface area contributed by atoms with Crippen LogP contribution >= 0.6 is 0 Å². The van der Waals surface area contributed by atoms with Gasteiger partial charge in [-0.3, -0.25) is 9.67 Å². The first-order valence-corrected chi connectivity index (χ1v) is 11.9. The Labute approximate surface area is 216 Å². The number of benzene rings is 1. The number of methoxy groups -OCH3 is 1. The van der Waals surface area contributed by atoms with E-state index in [2.05, 4.69) is 15.2 Å². The highest BCUT2D eigenvalue weighted by Crippen LogP contribution is 2.34. The van der Waals surface area contributed by atoms with Crippen molar-refractivity contribution < 1.29 is 32.2 Å². The first-order valence-electron chi connectivity index (χ1n) is 11.9. The van der Waals surface area contributed by atoms with E-state index in [9.17, 15) is 18.0 Å². The lowest BCUT2D eigenvalue weighted by molar-refractivity contribution is 0.0256. The van der Waals surface area contributed by atoms with Crippen LogP contribution in [0.3, 0.4) is 0 Å². The van der Waals surface area contributed by atoms with Crippen molar-refractivity contribution in [2.75, 3.05) is 33.4 Å². The fraction of sp³-hybridized carbons (Fsp3) is 0.360. The predicted octanol–water partition coefficient (Wildman–Crippen LogP) is 3.54. The third kappa shape index (κ3) is 5.14. The third-order valence-corrected chi connectivity index (χ3v) is 6.22. The molecule has 3 aromatic rings. The molecule has 4 heterocycles. The van der Waals surface area contributed by atoms with Crippen LogP contribution in [0.15, 0.2) is 41.8 Å². The summed E-state index contributed by atoms with van der Waals surface area (Å²) in [6, 6.07) is 3.55. The molecule has 0 bridgehead atoms. The van der Waals surface area contributed by atoms with Gasteiger partial charge in [-0.25, -0.2) is 23.0 Å². The molecule has 0 saturated carbocycles. The van der Waals surface area contributed by atoms with Gasteiger partial charge in [0.2, 0.25) is 0 Å². The van der Waals surface area contributed by atoms with Crippen LogP contribution in [0.2, 0.25) is 0 Å². The smallest absolute Gasteiger partial charge is 0.341 e. The van der Waals surface area contributed by atoms with Gasteiger partial charge in [-0.1, -0.05) is 0 Å². The van der Waals surface area contributed by atoms with Crippen LogP contribution in [-0.4, -0.2) is 76.4 Å². The molecule has 1 aromatic carbocycles. The van der Waals surface area contributed by atoms with Crippen molar-refractivity contribution in [2.24, 2.45) is 12.1 Å². The van der Waals surface area contributed by atoms with Crippen molar-refractivity contribution in [1.82, 2.24) is 24.7 Å². The number of amides is 2. The third-order valence-electron chi connectivity index (χ3n) is 6.22. The number of rotatable bonds is 8. The molecular formula is C25H25F3N6O4. The summed E-state index contributed by atoms with van der Waals surface area (Å²) in [5.41, 5.74) is 1.26. The number of hydrogen-bond acceptors (Lipinski definition) is 7. The van der Waals surface area contributed by atoms with Crippen LogP contribution in [0, 0.1) is 17.5 Å². The van der Waals surface area contributed by atoms with Crippen molar-refractivity contribution in [1.29, 1.82) is 0 Å². The minimum atomic E-state index is -0.727. The second-order valence-electron chi connectivity index (χ2n) is 8.85. The maximum atomic E-state index is 14.6. The fourth-order valence-electron chi connectivity index (χ4n) is 4.33. The van der Waals surface area contributed by atoms with Crippen LogP contribution in [0.4, 0.5) is 18.0 Å². The molecule has 200 valence electrons. The summed E-state index contributed by atoms with van der Waals surface area (Å²) in [5.74, 6) is -1.66. The molecule has 0 spiro atoms. The van der Waals surface area contributed by atoms with E-state index in [0.717, 1.165) is 12.3 Å². The number of nitrogens with zero attached hydrogens (tertiary/aromatic N) is 6. The first-order chi connectivity index (χ1) is 18.3. The van der Waals surface area contributed by atoms with Crippen molar-refractivity contribution in [2.45, 2.75) is 18.6 Å². The largest absolute Gasteiger partial charge is 0.487 e. The second-order valence-corrected chi connectivity index (χ2v) is 8.85. The van der Waals surface area contributed by atoms with Crippen molar-refractivity contribution in [3.8, 4) is 22.9 Å². The molecule has 5 rings (SSSR count). The number of likely N-dealkylation sites (tertiary alicyclic amines) is 1. The number of hydrazone groups is 1. The minimum Gasteiger partial charge on any atom is -0.487 e. The Kier molecular flexibility index (Phi) is 7.18. The minimum absolute atomic E-state index is 0.0246. The molecule has 0 aliphatic carbocycles. The molecule has 10 nitrogen and oxygen atoms in total. The van der Waals surface area contributed by atoms with Gasteiger partial charge < -0.3 is 19.1 Å². The van der Waals surface area contributed by atoms with Gasteiger partial charge in [-0.15, -0.1) is 0 Å². The number of pyridine rings is 1. The van der Waals surface area contributed by atoms with Crippen LogP contribution in [0.5, 0.6) is 11.5 Å². The van der Waals surface area contributed by atoms with Crippen LogP contribution in [0.25, 0.3) is 11.4 Å². The number of aryl methyl sites for hydroxylation is 1. The molecule has 0 unspecified atom stereocenters. The predicted molar refractivity (Wildman–Crippen MR) is 129 cm³/mol. The molecule has 2 aliphatic rings. The number of carbonyl (C=O) groups excluding carboxylic acids is 1. The zero-order valence-corrected chi connectivity index (χ0v) is 20.7. The standard InChI is InChI=1S/C25H25F3N6O4/c1-32-24(23(12-31-32)37-6-5-36-2)20-10-22(19(28)11-29-20)38-18-13-33(14-18)25(35)34-21(3-4-30-34)15-7-16(26)9-17(27)8-15/h4,7-12,18,21H,3,5-6,13-14H2,1-2H3/t21-/m0/s1. The van der Waals surface area contributed by atoms with Gasteiger partial charge in [0.15, 0.2) is 17.3 Å². The number of carbonyl (C=O) groups is 1. The van der Waals surface area contributed by atoms with Gasteiger partial charge in [0.25, 0.3) is 0 Å². The number of urea groups is 1. The van der Waals surface area contributed by atoms with Gasteiger partial charge in [0.1, 0.15) is 30.0 Å². The van der Waals surface area contributed by atoms with Crippen molar-refractivity contribution >= 4 is 12.2 Å². The van der Waals surface area contributed by atoms with Crippen LogP contribution in [-0.2, 0) is 11.8 Å². The van der Waals surface area contributed by atoms with Gasteiger partial charge in [0.05, 0.1) is 43.8 Å². The Balaban J connectivity index is 1.24. The highest BCUT2D eigenvalue weighted by molar-refractivity contribution is 5.79. The SMILES string of the molecule is COCCOc1cnn(C)c1-c1cc(OC2CN(C(=O)N3N=CC[C@H]3c3cc(F)cc(F)c3)C2)c(F)cn1. The van der Waals surface area contributed by atoms with Crippen molar-refractivity contribution in [3.05, 3.63) is 59.7 Å². The summed E-state index contributed by atoms with van der Waals surface area (Å²) in [4.78, 5) is 18.6. The monoisotopic (exact) mass is 530 g/mol.